The summed E-state index contributed by atoms with van der Waals surface area (Å²) < 4.78 is 39.8. The van der Waals surface area contributed by atoms with E-state index in [1.54, 1.807) is 0 Å². The largest absolute Gasteiger partial charge is 0.294 e. The first-order valence-corrected chi connectivity index (χ1v) is 6.25. The zero-order valence-electron chi connectivity index (χ0n) is 9.89. The zero-order chi connectivity index (χ0) is 14.9. The molecule has 104 valence electrons. The van der Waals surface area contributed by atoms with Crippen LogP contribution in [-0.4, -0.2) is 5.78 Å². The molecule has 0 bridgehead atoms. The molecule has 0 aliphatic heterocycles. The van der Waals surface area contributed by atoms with E-state index in [2.05, 4.69) is 0 Å². The van der Waals surface area contributed by atoms with Crippen molar-refractivity contribution in [1.82, 2.24) is 0 Å². The van der Waals surface area contributed by atoms with Gasteiger partial charge >= 0.3 is 0 Å². The van der Waals surface area contributed by atoms with Crippen LogP contribution in [0.3, 0.4) is 0 Å². The fourth-order valence-corrected chi connectivity index (χ4v) is 2.02. The number of hydrogen-bond donors (Lipinski definition) is 0. The van der Waals surface area contributed by atoms with Crippen molar-refractivity contribution in [2.24, 2.45) is 0 Å². The Morgan fingerprint density at radius 3 is 2.20 bits per heavy atom. The molecule has 2 aromatic carbocycles. The summed E-state index contributed by atoms with van der Waals surface area (Å²) in [5.74, 6) is -3.06. The number of benzene rings is 2. The number of rotatable bonds is 3. The van der Waals surface area contributed by atoms with Crippen molar-refractivity contribution in [3.8, 4) is 0 Å². The van der Waals surface area contributed by atoms with Crippen molar-refractivity contribution < 1.29 is 18.0 Å². The number of carbonyl (C=O) groups is 1. The lowest BCUT2D eigenvalue weighted by Gasteiger charge is -2.05. The Bertz CT molecular complexity index is 686. The van der Waals surface area contributed by atoms with Gasteiger partial charge in [0.15, 0.2) is 5.78 Å². The Balaban J connectivity index is 2.28. The van der Waals surface area contributed by atoms with Crippen LogP contribution in [-0.2, 0) is 6.42 Å². The first-order valence-electron chi connectivity index (χ1n) is 5.50. The highest BCUT2D eigenvalue weighted by Crippen LogP contribution is 2.22. The highest BCUT2D eigenvalue weighted by atomic mass is 35.5. The molecule has 0 saturated carbocycles. The van der Waals surface area contributed by atoms with Crippen LogP contribution in [0.1, 0.15) is 15.9 Å². The minimum atomic E-state index is -0.908. The number of ketones is 1. The monoisotopic (exact) mass is 318 g/mol. The van der Waals surface area contributed by atoms with Crippen molar-refractivity contribution in [2.75, 3.05) is 0 Å². The van der Waals surface area contributed by atoms with Gasteiger partial charge in [-0.2, -0.15) is 0 Å². The average Bonchev–Trinajstić information content (AvgIpc) is 2.38. The summed E-state index contributed by atoms with van der Waals surface area (Å²) in [6.07, 6.45) is -0.224. The van der Waals surface area contributed by atoms with Crippen LogP contribution in [0, 0.1) is 17.5 Å². The lowest BCUT2D eigenvalue weighted by Crippen LogP contribution is -2.07. The SMILES string of the molecule is O=C(Cc1ccc(F)c(Cl)c1)c1cc(F)c(Cl)cc1F. The summed E-state index contributed by atoms with van der Waals surface area (Å²) in [7, 11) is 0. The normalized spacial score (nSPS) is 10.7. The molecule has 0 aliphatic rings. The number of halogens is 5. The van der Waals surface area contributed by atoms with Crippen molar-refractivity contribution in [1.29, 1.82) is 0 Å². The Kier molecular flexibility index (Phi) is 4.35. The molecule has 0 atom stereocenters. The summed E-state index contributed by atoms with van der Waals surface area (Å²) in [6, 6.07) is 5.19. The van der Waals surface area contributed by atoms with Gasteiger partial charge in [0.1, 0.15) is 17.5 Å². The molecule has 6 heteroatoms. The van der Waals surface area contributed by atoms with Crippen LogP contribution in [0.2, 0.25) is 10.0 Å². The van der Waals surface area contributed by atoms with E-state index in [0.29, 0.717) is 5.56 Å². The second-order valence-electron chi connectivity index (χ2n) is 4.09. The first-order chi connectivity index (χ1) is 9.38. The molecular weight excluding hydrogens is 312 g/mol. The minimum Gasteiger partial charge on any atom is -0.294 e. The van der Waals surface area contributed by atoms with Crippen molar-refractivity contribution >= 4 is 29.0 Å². The number of carbonyl (C=O) groups excluding carboxylic acids is 1. The maximum absolute atomic E-state index is 13.6. The summed E-state index contributed by atoms with van der Waals surface area (Å²) in [6.45, 7) is 0. The van der Waals surface area contributed by atoms with Gasteiger partial charge in [-0.05, 0) is 29.8 Å². The molecule has 0 unspecified atom stereocenters. The molecule has 0 spiro atoms. The van der Waals surface area contributed by atoms with Crippen LogP contribution >= 0.6 is 23.2 Å². The van der Waals surface area contributed by atoms with E-state index in [1.807, 2.05) is 0 Å². The van der Waals surface area contributed by atoms with Gasteiger partial charge in [-0.25, -0.2) is 13.2 Å². The summed E-state index contributed by atoms with van der Waals surface area (Å²) in [4.78, 5) is 11.9. The van der Waals surface area contributed by atoms with Crippen molar-refractivity contribution in [2.45, 2.75) is 6.42 Å². The maximum atomic E-state index is 13.6. The molecule has 20 heavy (non-hydrogen) atoms. The van der Waals surface area contributed by atoms with Gasteiger partial charge in [-0.3, -0.25) is 4.79 Å². The number of hydrogen-bond acceptors (Lipinski definition) is 1. The maximum Gasteiger partial charge on any atom is 0.170 e. The van der Waals surface area contributed by atoms with E-state index < -0.39 is 33.8 Å². The van der Waals surface area contributed by atoms with Gasteiger partial charge < -0.3 is 0 Å². The molecular formula is C14H7Cl2F3O. The molecule has 2 rings (SSSR count). The van der Waals surface area contributed by atoms with Gasteiger partial charge in [-0.1, -0.05) is 29.3 Å². The van der Waals surface area contributed by atoms with Crippen LogP contribution in [0.25, 0.3) is 0 Å². The van der Waals surface area contributed by atoms with Gasteiger partial charge in [0.05, 0.1) is 15.6 Å². The lowest BCUT2D eigenvalue weighted by molar-refractivity contribution is 0.0988. The summed E-state index contributed by atoms with van der Waals surface area (Å²) in [5.41, 5.74) is -0.0106. The quantitative estimate of drug-likeness (QED) is 0.585. The van der Waals surface area contributed by atoms with E-state index in [1.165, 1.54) is 12.1 Å². The molecule has 0 aliphatic carbocycles. The van der Waals surface area contributed by atoms with Crippen LogP contribution in [0.4, 0.5) is 13.2 Å². The minimum absolute atomic E-state index is 0.141. The Morgan fingerprint density at radius 2 is 1.55 bits per heavy atom. The molecule has 0 N–H and O–H groups in total. The van der Waals surface area contributed by atoms with Gasteiger partial charge in [-0.15, -0.1) is 0 Å². The third-order valence-corrected chi connectivity index (χ3v) is 3.24. The van der Waals surface area contributed by atoms with E-state index in [4.69, 9.17) is 23.2 Å². The van der Waals surface area contributed by atoms with Gasteiger partial charge in [0.2, 0.25) is 0 Å². The second-order valence-corrected chi connectivity index (χ2v) is 4.91. The zero-order valence-corrected chi connectivity index (χ0v) is 11.4. The van der Waals surface area contributed by atoms with E-state index in [0.717, 1.165) is 18.2 Å². The molecule has 0 radical (unpaired) electrons. The van der Waals surface area contributed by atoms with E-state index in [-0.39, 0.29) is 11.4 Å². The predicted molar refractivity (Wildman–Crippen MR) is 70.8 cm³/mol. The second kappa shape index (κ2) is 5.85. The Hall–Kier alpha value is -1.52. The van der Waals surface area contributed by atoms with Gasteiger partial charge in [0, 0.05) is 6.42 Å². The highest BCUT2D eigenvalue weighted by molar-refractivity contribution is 6.31. The van der Waals surface area contributed by atoms with Crippen LogP contribution < -0.4 is 0 Å². The Labute approximate surface area is 122 Å². The van der Waals surface area contributed by atoms with Crippen LogP contribution in [0.5, 0.6) is 0 Å². The molecule has 2 aromatic rings. The van der Waals surface area contributed by atoms with E-state index in [9.17, 15) is 18.0 Å². The topological polar surface area (TPSA) is 17.1 Å². The average molecular weight is 319 g/mol. The van der Waals surface area contributed by atoms with Gasteiger partial charge in [0.25, 0.3) is 0 Å². The molecule has 0 fully saturated rings. The smallest absolute Gasteiger partial charge is 0.170 e. The summed E-state index contributed by atoms with van der Waals surface area (Å²) >= 11 is 11.0. The van der Waals surface area contributed by atoms with E-state index >= 15 is 0 Å². The summed E-state index contributed by atoms with van der Waals surface area (Å²) in [5, 5.41) is -0.540. The fourth-order valence-electron chi connectivity index (χ4n) is 1.67. The molecule has 0 aromatic heterocycles. The number of Topliss-reactive ketones (excluding diaryl/α,β-unsaturated/α-hetero) is 1. The molecule has 0 amide bonds. The van der Waals surface area contributed by atoms with Crippen LogP contribution in [0.15, 0.2) is 30.3 Å². The fraction of sp³-hybridized carbons (Fsp3) is 0.0714. The van der Waals surface area contributed by atoms with Crippen molar-refractivity contribution in [3.63, 3.8) is 0 Å². The Morgan fingerprint density at radius 1 is 0.900 bits per heavy atom. The standard InChI is InChI=1S/C14H7Cl2F3O/c15-9-3-7(1-2-11(9)17)4-14(20)8-5-13(19)10(16)6-12(8)18/h1-3,5-6H,4H2. The third kappa shape index (κ3) is 3.14. The molecule has 1 nitrogen and oxygen atoms in total. The third-order valence-electron chi connectivity index (χ3n) is 2.66. The first kappa shape index (κ1) is 14.9. The van der Waals surface area contributed by atoms with Crippen molar-refractivity contribution in [3.05, 3.63) is 69.0 Å². The predicted octanol–water partition coefficient (Wildman–Crippen LogP) is 4.84. The lowest BCUT2D eigenvalue weighted by atomic mass is 10.0. The molecule has 0 heterocycles. The molecule has 0 saturated heterocycles. The highest BCUT2D eigenvalue weighted by Gasteiger charge is 2.16.